The number of nitrogens with zero attached hydrogens (tertiary/aromatic N) is 2. The maximum atomic E-state index is 6.28. The van der Waals surface area contributed by atoms with E-state index in [1.165, 1.54) is 48.1 Å². The number of fused-ring (bicyclic) bond motifs is 1. The van der Waals surface area contributed by atoms with E-state index in [1.54, 1.807) is 0 Å². The maximum absolute atomic E-state index is 6.28. The Bertz CT molecular complexity index is 784. The third kappa shape index (κ3) is 4.19. The standard InChI is InChI=1S/C22H30N4S/c1-26-13-5-9-17(21(26)20-12-6-14-27-20)15-24-22(23)25-19-11-4-8-16-7-2-3-10-18(16)19/h4,6,8,11-12,14,17,21H,2-3,5,7,9-10,13,15H2,1H3,(H3,23,24,25). The first-order valence-corrected chi connectivity index (χ1v) is 11.0. The van der Waals surface area contributed by atoms with E-state index in [2.05, 4.69) is 53.0 Å². The molecule has 0 spiro atoms. The van der Waals surface area contributed by atoms with Crippen LogP contribution in [0.25, 0.3) is 0 Å². The van der Waals surface area contributed by atoms with Crippen LogP contribution < -0.4 is 11.1 Å². The Morgan fingerprint density at radius 1 is 1.22 bits per heavy atom. The van der Waals surface area contributed by atoms with E-state index in [9.17, 15) is 0 Å². The van der Waals surface area contributed by atoms with Gasteiger partial charge in [-0.2, -0.15) is 0 Å². The van der Waals surface area contributed by atoms with Gasteiger partial charge < -0.3 is 11.1 Å². The van der Waals surface area contributed by atoms with Crippen LogP contribution in [-0.4, -0.2) is 31.0 Å². The molecular weight excluding hydrogens is 352 g/mol. The fourth-order valence-electron chi connectivity index (χ4n) is 4.65. The second-order valence-electron chi connectivity index (χ2n) is 7.84. The van der Waals surface area contributed by atoms with Gasteiger partial charge in [0.25, 0.3) is 0 Å². The van der Waals surface area contributed by atoms with Crippen LogP contribution in [0.1, 0.15) is 47.7 Å². The number of hydrogen-bond donors (Lipinski definition) is 2. The second-order valence-corrected chi connectivity index (χ2v) is 8.82. The van der Waals surface area contributed by atoms with E-state index >= 15 is 0 Å². The molecule has 1 aromatic heterocycles. The first kappa shape index (κ1) is 18.5. The highest BCUT2D eigenvalue weighted by atomic mass is 32.1. The molecule has 144 valence electrons. The smallest absolute Gasteiger partial charge is 0.193 e. The van der Waals surface area contributed by atoms with Crippen molar-refractivity contribution in [1.82, 2.24) is 4.90 Å². The average molecular weight is 383 g/mol. The van der Waals surface area contributed by atoms with Gasteiger partial charge in [0.2, 0.25) is 0 Å². The van der Waals surface area contributed by atoms with Gasteiger partial charge in [-0.05, 0) is 86.7 Å². The Morgan fingerprint density at radius 3 is 2.96 bits per heavy atom. The molecule has 1 aromatic carbocycles. The van der Waals surface area contributed by atoms with E-state index in [0.29, 0.717) is 17.9 Å². The molecule has 1 aliphatic heterocycles. The number of anilines is 1. The number of nitrogens with one attached hydrogen (secondary N) is 1. The summed E-state index contributed by atoms with van der Waals surface area (Å²) in [5, 5.41) is 5.56. The molecule has 0 amide bonds. The van der Waals surface area contributed by atoms with E-state index in [4.69, 9.17) is 10.7 Å². The molecule has 4 rings (SSSR count). The van der Waals surface area contributed by atoms with Crippen molar-refractivity contribution in [3.05, 3.63) is 51.7 Å². The molecule has 1 aliphatic carbocycles. The van der Waals surface area contributed by atoms with Gasteiger partial charge in [0.1, 0.15) is 0 Å². The van der Waals surface area contributed by atoms with Crippen molar-refractivity contribution < 1.29 is 0 Å². The molecule has 1 fully saturated rings. The van der Waals surface area contributed by atoms with Crippen LogP contribution in [0.15, 0.2) is 40.7 Å². The van der Waals surface area contributed by atoms with Crippen LogP contribution >= 0.6 is 11.3 Å². The van der Waals surface area contributed by atoms with E-state index in [1.807, 2.05) is 11.3 Å². The largest absolute Gasteiger partial charge is 0.370 e. The number of rotatable bonds is 4. The molecule has 1 saturated heterocycles. The van der Waals surface area contributed by atoms with Crippen molar-refractivity contribution in [3.63, 3.8) is 0 Å². The number of aryl methyl sites for hydroxylation is 1. The minimum absolute atomic E-state index is 0.458. The summed E-state index contributed by atoms with van der Waals surface area (Å²) in [5.41, 5.74) is 10.3. The van der Waals surface area contributed by atoms with Crippen molar-refractivity contribution in [2.24, 2.45) is 16.6 Å². The Hall–Kier alpha value is -1.85. The number of hydrogen-bond acceptors (Lipinski definition) is 3. The van der Waals surface area contributed by atoms with Crippen LogP contribution in [0.2, 0.25) is 0 Å². The van der Waals surface area contributed by atoms with Crippen LogP contribution in [0.4, 0.5) is 5.69 Å². The number of likely N-dealkylation sites (tertiary alicyclic amines) is 1. The molecule has 2 unspecified atom stereocenters. The van der Waals surface area contributed by atoms with Crippen LogP contribution in [-0.2, 0) is 12.8 Å². The molecule has 2 heterocycles. The molecule has 0 radical (unpaired) electrons. The van der Waals surface area contributed by atoms with Crippen LogP contribution in [0.3, 0.4) is 0 Å². The fourth-order valence-corrected chi connectivity index (χ4v) is 5.63. The first-order valence-electron chi connectivity index (χ1n) is 10.1. The van der Waals surface area contributed by atoms with Crippen molar-refractivity contribution in [3.8, 4) is 0 Å². The van der Waals surface area contributed by atoms with Crippen molar-refractivity contribution in [2.75, 3.05) is 25.5 Å². The Labute approximate surface area is 166 Å². The zero-order valence-electron chi connectivity index (χ0n) is 16.2. The van der Waals surface area contributed by atoms with Crippen molar-refractivity contribution >= 4 is 23.0 Å². The van der Waals surface area contributed by atoms with Gasteiger partial charge in [0.05, 0.1) is 0 Å². The maximum Gasteiger partial charge on any atom is 0.193 e. The molecule has 0 saturated carbocycles. The third-order valence-corrected chi connectivity index (χ3v) is 6.94. The van der Waals surface area contributed by atoms with Crippen molar-refractivity contribution in [2.45, 2.75) is 44.6 Å². The minimum atomic E-state index is 0.458. The molecule has 27 heavy (non-hydrogen) atoms. The molecule has 4 nitrogen and oxygen atoms in total. The molecular formula is C22H30N4S. The van der Waals surface area contributed by atoms with E-state index < -0.39 is 0 Å². The highest BCUT2D eigenvalue weighted by Crippen LogP contribution is 2.37. The zero-order valence-corrected chi connectivity index (χ0v) is 17.0. The quantitative estimate of drug-likeness (QED) is 0.607. The Morgan fingerprint density at radius 2 is 2.11 bits per heavy atom. The molecule has 2 atom stereocenters. The molecule has 2 aliphatic rings. The predicted molar refractivity (Wildman–Crippen MR) is 116 cm³/mol. The topological polar surface area (TPSA) is 53.6 Å². The first-order chi connectivity index (χ1) is 13.2. The van der Waals surface area contributed by atoms with E-state index in [-0.39, 0.29) is 0 Å². The highest BCUT2D eigenvalue weighted by Gasteiger charge is 2.31. The molecule has 2 aromatic rings. The summed E-state index contributed by atoms with van der Waals surface area (Å²) >= 11 is 1.85. The third-order valence-electron chi connectivity index (χ3n) is 6.00. The van der Waals surface area contributed by atoms with Crippen molar-refractivity contribution in [1.29, 1.82) is 0 Å². The van der Waals surface area contributed by atoms with Gasteiger partial charge in [0.15, 0.2) is 5.96 Å². The average Bonchev–Trinajstić information content (AvgIpc) is 3.21. The summed E-state index contributed by atoms with van der Waals surface area (Å²) in [6, 6.07) is 11.4. The second kappa shape index (κ2) is 8.44. The van der Waals surface area contributed by atoms with Gasteiger partial charge in [-0.25, -0.2) is 0 Å². The number of thiophene rings is 1. The summed E-state index contributed by atoms with van der Waals surface area (Å²) in [7, 11) is 2.23. The zero-order chi connectivity index (χ0) is 18.6. The van der Waals surface area contributed by atoms with Gasteiger partial charge in [-0.15, -0.1) is 11.3 Å². The molecule has 5 heteroatoms. The van der Waals surface area contributed by atoms with Crippen LogP contribution in [0.5, 0.6) is 0 Å². The SMILES string of the molecule is CN1CCCC(CN=C(N)Nc2cccc3c2CCCC3)C1c1cccs1. The van der Waals surface area contributed by atoms with Crippen LogP contribution in [0, 0.1) is 5.92 Å². The van der Waals surface area contributed by atoms with E-state index in [0.717, 1.165) is 25.2 Å². The number of guanidine groups is 1. The lowest BCUT2D eigenvalue weighted by Gasteiger charge is -2.38. The van der Waals surface area contributed by atoms with Gasteiger partial charge in [-0.1, -0.05) is 18.2 Å². The number of aliphatic imine (C=N–C) groups is 1. The summed E-state index contributed by atoms with van der Waals surface area (Å²) in [4.78, 5) is 8.67. The summed E-state index contributed by atoms with van der Waals surface area (Å²) in [6.45, 7) is 1.94. The number of nitrogens with two attached hydrogens (primary N) is 1. The lowest BCUT2D eigenvalue weighted by Crippen LogP contribution is -2.37. The number of piperidine rings is 1. The Kier molecular flexibility index (Phi) is 5.79. The lowest BCUT2D eigenvalue weighted by atomic mass is 9.88. The highest BCUT2D eigenvalue weighted by molar-refractivity contribution is 7.10. The summed E-state index contributed by atoms with van der Waals surface area (Å²) in [6.07, 6.45) is 7.32. The minimum Gasteiger partial charge on any atom is -0.370 e. The summed E-state index contributed by atoms with van der Waals surface area (Å²) < 4.78 is 0. The molecule has 0 bridgehead atoms. The number of benzene rings is 1. The molecule has 3 N–H and O–H groups in total. The lowest BCUT2D eigenvalue weighted by molar-refractivity contribution is 0.128. The fraction of sp³-hybridized carbons (Fsp3) is 0.500. The monoisotopic (exact) mass is 382 g/mol. The van der Waals surface area contributed by atoms with Gasteiger partial charge in [-0.3, -0.25) is 9.89 Å². The Balaban J connectivity index is 1.46. The van der Waals surface area contributed by atoms with Gasteiger partial charge >= 0.3 is 0 Å². The predicted octanol–water partition coefficient (Wildman–Crippen LogP) is 4.44. The van der Waals surface area contributed by atoms with Gasteiger partial charge in [0, 0.05) is 23.2 Å². The summed E-state index contributed by atoms with van der Waals surface area (Å²) in [5.74, 6) is 1.07. The normalized spacial score (nSPS) is 23.8.